The van der Waals surface area contributed by atoms with Gasteiger partial charge >= 0.3 is 5.97 Å². The fraction of sp³-hybridized carbons (Fsp3) is 0.900. The zero-order valence-electron chi connectivity index (χ0n) is 9.35. The van der Waals surface area contributed by atoms with Gasteiger partial charge in [-0.25, -0.2) is 0 Å². The van der Waals surface area contributed by atoms with E-state index in [0.717, 1.165) is 0 Å². The molecule has 0 saturated carbocycles. The van der Waals surface area contributed by atoms with E-state index in [9.17, 15) is 4.79 Å². The van der Waals surface area contributed by atoms with E-state index < -0.39 is 12.1 Å². The van der Waals surface area contributed by atoms with Gasteiger partial charge in [0.1, 0.15) is 6.10 Å². The third-order valence-electron chi connectivity index (χ3n) is 2.53. The topological polar surface area (TPSA) is 54.0 Å². The average molecular weight is 216 g/mol. The SMILES string of the molecule is CC(=O)OC1OC(C)C2OC(C)(C)O[C@@H]12. The highest BCUT2D eigenvalue weighted by Crippen LogP contribution is 2.38. The molecule has 86 valence electrons. The normalized spacial score (nSPS) is 42.7. The summed E-state index contributed by atoms with van der Waals surface area (Å²) in [6.07, 6.45) is -1.26. The molecule has 0 aromatic rings. The molecule has 2 rings (SSSR count). The van der Waals surface area contributed by atoms with Gasteiger partial charge in [-0.2, -0.15) is 0 Å². The summed E-state index contributed by atoms with van der Waals surface area (Å²) in [5.41, 5.74) is 0. The first-order valence-corrected chi connectivity index (χ1v) is 5.07. The van der Waals surface area contributed by atoms with Crippen LogP contribution in [0.2, 0.25) is 0 Å². The number of carbonyl (C=O) groups excluding carboxylic acids is 1. The van der Waals surface area contributed by atoms with Crippen molar-refractivity contribution >= 4 is 5.97 Å². The molecule has 5 nitrogen and oxygen atoms in total. The molecule has 0 spiro atoms. The Balaban J connectivity index is 2.09. The first-order valence-electron chi connectivity index (χ1n) is 5.07. The molecule has 2 aliphatic rings. The Labute approximate surface area is 88.6 Å². The van der Waals surface area contributed by atoms with Crippen molar-refractivity contribution in [3.63, 3.8) is 0 Å². The molecule has 0 aromatic heterocycles. The fourth-order valence-electron chi connectivity index (χ4n) is 2.02. The maximum absolute atomic E-state index is 10.9. The molecule has 2 saturated heterocycles. The minimum Gasteiger partial charge on any atom is -0.433 e. The molecular weight excluding hydrogens is 200 g/mol. The number of ether oxygens (including phenoxy) is 4. The molecule has 2 aliphatic heterocycles. The van der Waals surface area contributed by atoms with E-state index in [1.54, 1.807) is 0 Å². The van der Waals surface area contributed by atoms with Gasteiger partial charge < -0.3 is 18.9 Å². The van der Waals surface area contributed by atoms with Crippen molar-refractivity contribution < 1.29 is 23.7 Å². The van der Waals surface area contributed by atoms with E-state index in [1.165, 1.54) is 6.92 Å². The molecule has 5 heteroatoms. The van der Waals surface area contributed by atoms with Crippen LogP contribution in [0.15, 0.2) is 0 Å². The van der Waals surface area contributed by atoms with Gasteiger partial charge in [-0.15, -0.1) is 0 Å². The summed E-state index contributed by atoms with van der Waals surface area (Å²) in [5, 5.41) is 0. The zero-order valence-corrected chi connectivity index (χ0v) is 9.35. The molecule has 2 fully saturated rings. The third kappa shape index (κ3) is 2.00. The van der Waals surface area contributed by atoms with E-state index in [1.807, 2.05) is 20.8 Å². The molecule has 0 aliphatic carbocycles. The van der Waals surface area contributed by atoms with E-state index in [2.05, 4.69) is 0 Å². The second-order valence-corrected chi connectivity index (χ2v) is 4.38. The minimum atomic E-state index is -0.649. The van der Waals surface area contributed by atoms with Crippen molar-refractivity contribution in [1.82, 2.24) is 0 Å². The van der Waals surface area contributed by atoms with Gasteiger partial charge in [-0.1, -0.05) is 0 Å². The van der Waals surface area contributed by atoms with Crippen LogP contribution in [0.5, 0.6) is 0 Å². The third-order valence-corrected chi connectivity index (χ3v) is 2.53. The summed E-state index contributed by atoms with van der Waals surface area (Å²) in [6.45, 7) is 6.90. The maximum atomic E-state index is 10.9. The Bertz CT molecular complexity index is 275. The monoisotopic (exact) mass is 216 g/mol. The van der Waals surface area contributed by atoms with Crippen LogP contribution in [0.4, 0.5) is 0 Å². The van der Waals surface area contributed by atoms with Crippen molar-refractivity contribution in [2.24, 2.45) is 0 Å². The summed E-state index contributed by atoms with van der Waals surface area (Å²) in [7, 11) is 0. The summed E-state index contributed by atoms with van der Waals surface area (Å²) in [4.78, 5) is 10.9. The van der Waals surface area contributed by atoms with E-state index >= 15 is 0 Å². The van der Waals surface area contributed by atoms with Gasteiger partial charge in [0.15, 0.2) is 11.9 Å². The lowest BCUT2D eigenvalue weighted by Crippen LogP contribution is -2.32. The van der Waals surface area contributed by atoms with Crippen LogP contribution in [0, 0.1) is 0 Å². The predicted octanol–water partition coefficient (Wildman–Crippen LogP) is 0.814. The highest BCUT2D eigenvalue weighted by atomic mass is 16.8. The first-order chi connectivity index (χ1) is 6.89. The molecule has 0 amide bonds. The van der Waals surface area contributed by atoms with Crippen molar-refractivity contribution in [2.45, 2.75) is 58.1 Å². The number of rotatable bonds is 1. The van der Waals surface area contributed by atoms with Crippen LogP contribution in [0.3, 0.4) is 0 Å². The second kappa shape index (κ2) is 3.43. The Morgan fingerprint density at radius 1 is 1.27 bits per heavy atom. The highest BCUT2D eigenvalue weighted by molar-refractivity contribution is 5.66. The number of hydrogen-bond acceptors (Lipinski definition) is 5. The summed E-state index contributed by atoms with van der Waals surface area (Å²) in [5.74, 6) is -1.01. The lowest BCUT2D eigenvalue weighted by Gasteiger charge is -2.22. The van der Waals surface area contributed by atoms with Crippen LogP contribution >= 0.6 is 0 Å². The second-order valence-electron chi connectivity index (χ2n) is 4.38. The van der Waals surface area contributed by atoms with Crippen molar-refractivity contribution in [3.8, 4) is 0 Å². The standard InChI is InChI=1S/C10H16O5/c1-5-7-8(15-10(3,4)14-7)9(12-5)13-6(2)11/h5,7-9H,1-4H3/t5?,7?,8-,9?/m1/s1. The van der Waals surface area contributed by atoms with E-state index in [-0.39, 0.29) is 24.3 Å². The average Bonchev–Trinajstić information content (AvgIpc) is 2.49. The molecule has 2 heterocycles. The van der Waals surface area contributed by atoms with Gasteiger partial charge in [0, 0.05) is 6.92 Å². The molecular formula is C10H16O5. The lowest BCUT2D eigenvalue weighted by atomic mass is 10.2. The molecule has 0 aromatic carbocycles. The lowest BCUT2D eigenvalue weighted by molar-refractivity contribution is -0.229. The van der Waals surface area contributed by atoms with E-state index in [4.69, 9.17) is 18.9 Å². The van der Waals surface area contributed by atoms with Crippen LogP contribution < -0.4 is 0 Å². The molecule has 3 unspecified atom stereocenters. The fourth-order valence-corrected chi connectivity index (χ4v) is 2.02. The quantitative estimate of drug-likeness (QED) is 0.607. The largest absolute Gasteiger partial charge is 0.433 e. The van der Waals surface area contributed by atoms with Gasteiger partial charge in [0.05, 0.1) is 6.10 Å². The number of fused-ring (bicyclic) bond motifs is 1. The van der Waals surface area contributed by atoms with Gasteiger partial charge in [0.25, 0.3) is 0 Å². The Kier molecular flexibility index (Phi) is 2.48. The predicted molar refractivity (Wildman–Crippen MR) is 49.9 cm³/mol. The van der Waals surface area contributed by atoms with Crippen LogP contribution in [-0.4, -0.2) is 36.4 Å². The number of hydrogen-bond donors (Lipinski definition) is 0. The van der Waals surface area contributed by atoms with Crippen LogP contribution in [0.25, 0.3) is 0 Å². The molecule has 0 radical (unpaired) electrons. The van der Waals surface area contributed by atoms with Crippen molar-refractivity contribution in [1.29, 1.82) is 0 Å². The molecule has 0 bridgehead atoms. The van der Waals surface area contributed by atoms with E-state index in [0.29, 0.717) is 0 Å². The summed E-state index contributed by atoms with van der Waals surface area (Å²) >= 11 is 0. The number of esters is 1. The zero-order chi connectivity index (χ0) is 11.2. The highest BCUT2D eigenvalue weighted by Gasteiger charge is 2.55. The first kappa shape index (κ1) is 10.9. The molecule has 15 heavy (non-hydrogen) atoms. The van der Waals surface area contributed by atoms with Gasteiger partial charge in [0.2, 0.25) is 6.29 Å². The smallest absolute Gasteiger partial charge is 0.305 e. The van der Waals surface area contributed by atoms with Crippen molar-refractivity contribution in [3.05, 3.63) is 0 Å². The number of carbonyl (C=O) groups is 1. The Morgan fingerprint density at radius 3 is 2.47 bits per heavy atom. The van der Waals surface area contributed by atoms with Crippen LogP contribution in [-0.2, 0) is 23.7 Å². The summed E-state index contributed by atoms with van der Waals surface area (Å²) in [6, 6.07) is 0. The maximum Gasteiger partial charge on any atom is 0.305 e. The van der Waals surface area contributed by atoms with Crippen LogP contribution in [0.1, 0.15) is 27.7 Å². The van der Waals surface area contributed by atoms with Gasteiger partial charge in [-0.05, 0) is 20.8 Å². The van der Waals surface area contributed by atoms with Gasteiger partial charge in [-0.3, -0.25) is 4.79 Å². The van der Waals surface area contributed by atoms with Crippen molar-refractivity contribution in [2.75, 3.05) is 0 Å². The Hall–Kier alpha value is -0.650. The summed E-state index contributed by atoms with van der Waals surface area (Å²) < 4.78 is 21.8. The molecule has 0 N–H and O–H groups in total. The minimum absolute atomic E-state index is 0.124. The molecule has 4 atom stereocenters. The Morgan fingerprint density at radius 2 is 1.87 bits per heavy atom.